The van der Waals surface area contributed by atoms with Crippen LogP contribution in [0, 0.1) is 9.52 Å². The molecule has 2 aromatic carbocycles. The highest BCUT2D eigenvalue weighted by molar-refractivity contribution is 14.1. The zero-order valence-corrected chi connectivity index (χ0v) is 17.6. The molecule has 0 radical (unpaired) electrons. The number of fused-ring (bicyclic) bond motifs is 1. The van der Waals surface area contributed by atoms with E-state index in [1.165, 1.54) is 29.4 Å². The van der Waals surface area contributed by atoms with E-state index in [1.54, 1.807) is 48.5 Å². The first-order valence-corrected chi connectivity index (χ1v) is 10.8. The number of hydrogen-bond acceptors (Lipinski definition) is 4. The molecule has 0 bridgehead atoms. The zero-order valence-electron chi connectivity index (χ0n) is 14.6. The van der Waals surface area contributed by atoms with Crippen molar-refractivity contribution in [3.63, 3.8) is 0 Å². The van der Waals surface area contributed by atoms with Gasteiger partial charge in [-0.05, 0) is 64.6 Å². The summed E-state index contributed by atoms with van der Waals surface area (Å²) in [7, 11) is -2.36. The number of benzene rings is 2. The molecule has 0 aliphatic rings. The predicted molar refractivity (Wildman–Crippen MR) is 113 cm³/mol. The molecule has 0 saturated carbocycles. The van der Waals surface area contributed by atoms with Crippen LogP contribution in [0.5, 0.6) is 5.75 Å². The molecular weight excluding hydrogens is 494 g/mol. The molecule has 8 heteroatoms. The first-order valence-electron chi connectivity index (χ1n) is 8.24. The van der Waals surface area contributed by atoms with Crippen LogP contribution in [0.3, 0.4) is 0 Å². The highest BCUT2D eigenvalue weighted by atomic mass is 127. The Bertz CT molecular complexity index is 1290. The van der Waals surface area contributed by atoms with Gasteiger partial charge in [-0.15, -0.1) is 0 Å². The smallest absolute Gasteiger partial charge is 0.270 e. The van der Waals surface area contributed by atoms with Crippen molar-refractivity contribution in [1.82, 2.24) is 8.96 Å². The van der Waals surface area contributed by atoms with E-state index in [1.807, 2.05) is 22.6 Å². The maximum Gasteiger partial charge on any atom is 0.270 e. The first-order chi connectivity index (χ1) is 13.4. The topological polar surface area (TPSA) is 61.2 Å². The van der Waals surface area contributed by atoms with Crippen LogP contribution in [0.1, 0.15) is 0 Å². The van der Waals surface area contributed by atoms with Gasteiger partial charge in [-0.2, -0.15) is 0 Å². The average Bonchev–Trinajstić information content (AvgIpc) is 3.05. The molecule has 2 aromatic heterocycles. The molecule has 0 aliphatic carbocycles. The number of hydrogen-bond donors (Lipinski definition) is 0. The van der Waals surface area contributed by atoms with Crippen LogP contribution < -0.4 is 4.74 Å². The summed E-state index contributed by atoms with van der Waals surface area (Å²) >= 11 is 1.98. The van der Waals surface area contributed by atoms with Crippen molar-refractivity contribution in [3.05, 3.63) is 76.4 Å². The molecule has 28 heavy (non-hydrogen) atoms. The van der Waals surface area contributed by atoms with E-state index in [-0.39, 0.29) is 4.90 Å². The molecule has 0 fully saturated rings. The monoisotopic (exact) mass is 508 g/mol. The van der Waals surface area contributed by atoms with Crippen molar-refractivity contribution in [2.45, 2.75) is 4.90 Å². The minimum atomic E-state index is -3.82. The Morgan fingerprint density at radius 2 is 1.79 bits per heavy atom. The summed E-state index contributed by atoms with van der Waals surface area (Å²) in [5, 5.41) is 0.635. The van der Waals surface area contributed by atoms with Crippen molar-refractivity contribution >= 4 is 43.6 Å². The maximum atomic E-state index is 13.6. The van der Waals surface area contributed by atoms with Crippen LogP contribution in [0.4, 0.5) is 4.39 Å². The van der Waals surface area contributed by atoms with Gasteiger partial charge in [0.15, 0.2) is 5.65 Å². The summed E-state index contributed by atoms with van der Waals surface area (Å²) in [5.41, 5.74) is 1.67. The van der Waals surface area contributed by atoms with Gasteiger partial charge in [-0.25, -0.2) is 21.8 Å². The number of pyridine rings is 1. The molecule has 0 unspecified atom stereocenters. The summed E-state index contributed by atoms with van der Waals surface area (Å²) < 4.78 is 47.0. The summed E-state index contributed by atoms with van der Waals surface area (Å²) in [4.78, 5) is 4.49. The van der Waals surface area contributed by atoms with E-state index in [2.05, 4.69) is 4.98 Å². The van der Waals surface area contributed by atoms with Crippen molar-refractivity contribution in [2.24, 2.45) is 0 Å². The molecule has 0 amide bonds. The van der Waals surface area contributed by atoms with Gasteiger partial charge in [-0.3, -0.25) is 0 Å². The number of halogens is 2. The van der Waals surface area contributed by atoms with E-state index in [0.717, 1.165) is 0 Å². The second-order valence-electron chi connectivity index (χ2n) is 5.99. The largest absolute Gasteiger partial charge is 0.496 e. The number of rotatable bonds is 4. The third-order valence-corrected chi connectivity index (χ3v) is 7.19. The van der Waals surface area contributed by atoms with Crippen molar-refractivity contribution in [3.8, 4) is 16.9 Å². The van der Waals surface area contributed by atoms with Crippen LogP contribution in [-0.2, 0) is 10.0 Å². The van der Waals surface area contributed by atoms with Gasteiger partial charge in [0.25, 0.3) is 10.0 Å². The molecule has 0 atom stereocenters. The summed E-state index contributed by atoms with van der Waals surface area (Å²) in [6.45, 7) is 0. The van der Waals surface area contributed by atoms with Crippen molar-refractivity contribution in [2.75, 3.05) is 7.11 Å². The van der Waals surface area contributed by atoms with E-state index >= 15 is 0 Å². The normalized spacial score (nSPS) is 11.7. The van der Waals surface area contributed by atoms with Crippen LogP contribution >= 0.6 is 22.6 Å². The molecule has 4 aromatic rings. The third kappa shape index (κ3) is 3.06. The summed E-state index contributed by atoms with van der Waals surface area (Å²) in [5.74, 6) is -0.0501. The molecule has 142 valence electrons. The minimum absolute atomic E-state index is 0.178. The van der Waals surface area contributed by atoms with Crippen molar-refractivity contribution in [1.29, 1.82) is 0 Å². The number of aromatic nitrogens is 2. The number of ether oxygens (including phenoxy) is 1. The van der Waals surface area contributed by atoms with E-state index in [4.69, 9.17) is 4.74 Å². The molecule has 5 nitrogen and oxygen atoms in total. The molecule has 2 heterocycles. The molecule has 0 spiro atoms. The van der Waals surface area contributed by atoms with E-state index in [9.17, 15) is 12.8 Å². The molecule has 0 N–H and O–H groups in total. The second-order valence-corrected chi connectivity index (χ2v) is 8.88. The van der Waals surface area contributed by atoms with Gasteiger partial charge < -0.3 is 4.74 Å². The Balaban J connectivity index is 2.00. The Kier molecular flexibility index (Phi) is 4.84. The second kappa shape index (κ2) is 7.17. The minimum Gasteiger partial charge on any atom is -0.496 e. The Morgan fingerprint density at radius 1 is 1.04 bits per heavy atom. The van der Waals surface area contributed by atoms with Crippen LogP contribution in [-0.4, -0.2) is 24.5 Å². The van der Waals surface area contributed by atoms with E-state index in [0.29, 0.717) is 31.6 Å². The lowest BCUT2D eigenvalue weighted by atomic mass is 10.0. The van der Waals surface area contributed by atoms with Crippen molar-refractivity contribution < 1.29 is 17.5 Å². The highest BCUT2D eigenvalue weighted by Crippen LogP contribution is 2.37. The average molecular weight is 508 g/mol. The Hall–Kier alpha value is -2.46. The highest BCUT2D eigenvalue weighted by Gasteiger charge is 2.24. The molecule has 0 saturated heterocycles. The maximum absolute atomic E-state index is 13.6. The lowest BCUT2D eigenvalue weighted by molar-refractivity contribution is 0.413. The third-order valence-electron chi connectivity index (χ3n) is 4.35. The number of methoxy groups -OCH3 is 1. The zero-order chi connectivity index (χ0) is 19.9. The van der Waals surface area contributed by atoms with Crippen LogP contribution in [0.25, 0.3) is 22.2 Å². The van der Waals surface area contributed by atoms with Gasteiger partial charge in [0.05, 0.1) is 15.7 Å². The van der Waals surface area contributed by atoms with Crippen LogP contribution in [0.15, 0.2) is 71.8 Å². The Labute approximate surface area is 175 Å². The van der Waals surface area contributed by atoms with Gasteiger partial charge in [-0.1, -0.05) is 18.2 Å². The van der Waals surface area contributed by atoms with E-state index < -0.39 is 15.8 Å². The van der Waals surface area contributed by atoms with Gasteiger partial charge in [0.1, 0.15) is 11.6 Å². The molecule has 4 rings (SSSR count). The summed E-state index contributed by atoms with van der Waals surface area (Å²) in [6, 6.07) is 16.0. The number of nitrogens with zero attached hydrogens (tertiary/aromatic N) is 2. The fraction of sp³-hybridized carbons (Fsp3) is 0.0500. The molecule has 0 aliphatic heterocycles. The van der Waals surface area contributed by atoms with Gasteiger partial charge in [0.2, 0.25) is 0 Å². The van der Waals surface area contributed by atoms with Gasteiger partial charge >= 0.3 is 0 Å². The fourth-order valence-corrected chi connectivity index (χ4v) is 5.78. The molecular formula is C20H14FIN2O3S. The predicted octanol–water partition coefficient (Wildman–Crippen LogP) is 4.69. The quantitative estimate of drug-likeness (QED) is 0.376. The van der Waals surface area contributed by atoms with Gasteiger partial charge in [0, 0.05) is 23.2 Å². The first kappa shape index (κ1) is 18.9. The SMILES string of the molecule is COc1cc(F)ccc1-c1ccnc2c1cc(I)n2S(=O)(=O)c1ccccc1. The summed E-state index contributed by atoms with van der Waals surface area (Å²) in [6.07, 6.45) is 1.54. The lowest BCUT2D eigenvalue weighted by Crippen LogP contribution is -2.14. The standard InChI is InChI=1S/C20H14FIN2O3S/c1-27-18-11-13(21)7-8-16(18)15-9-10-23-20-17(15)12-19(22)24(20)28(25,26)14-5-3-2-4-6-14/h2-12H,1H3. The Morgan fingerprint density at radius 3 is 2.50 bits per heavy atom. The lowest BCUT2D eigenvalue weighted by Gasteiger charge is -2.11. The fourth-order valence-electron chi connectivity index (χ4n) is 3.09. The van der Waals surface area contributed by atoms with Crippen LogP contribution in [0.2, 0.25) is 0 Å².